The Balaban J connectivity index is 1.69. The molecule has 4 N–H and O–H groups in total. The number of amides is 1. The molecule has 3 atom stereocenters. The molecule has 1 saturated heterocycles. The molecule has 0 unspecified atom stereocenters. The molecule has 0 spiro atoms. The largest absolute Gasteiger partial charge is 0.464 e. The molecule has 1 fully saturated rings. The summed E-state index contributed by atoms with van der Waals surface area (Å²) in [5.41, 5.74) is 1.45. The Morgan fingerprint density at radius 2 is 2.09 bits per heavy atom. The van der Waals surface area contributed by atoms with Crippen LogP contribution in [0.15, 0.2) is 40.8 Å². The lowest BCUT2D eigenvalue weighted by atomic mass is 10.1. The lowest BCUT2D eigenvalue weighted by molar-refractivity contribution is 0.0368. The van der Waals surface area contributed by atoms with Crippen LogP contribution in [0.3, 0.4) is 0 Å². The van der Waals surface area contributed by atoms with Crippen LogP contribution in [0.2, 0.25) is 0 Å². The molecular weight excluding hydrogens is 296 g/mol. The number of hydrogen-bond donors (Lipinski definition) is 4. The van der Waals surface area contributed by atoms with Gasteiger partial charge in [-0.2, -0.15) is 0 Å². The normalized spacial score (nSPS) is 23.9. The molecule has 0 radical (unpaired) electrons. The van der Waals surface area contributed by atoms with Gasteiger partial charge in [0.05, 0.1) is 17.7 Å². The minimum atomic E-state index is -0.944. The van der Waals surface area contributed by atoms with Crippen molar-refractivity contribution in [3.8, 4) is 0 Å². The number of benzene rings is 1. The highest BCUT2D eigenvalue weighted by Crippen LogP contribution is 2.27. The number of aryl methyl sites for hydroxylation is 1. The van der Waals surface area contributed by atoms with Gasteiger partial charge in [-0.15, -0.1) is 0 Å². The predicted octanol–water partition coefficient (Wildman–Crippen LogP) is 0.884. The molecule has 1 aliphatic rings. The average Bonchev–Trinajstić information content (AvgIpc) is 3.09. The summed E-state index contributed by atoms with van der Waals surface area (Å²) in [7, 11) is 0. The van der Waals surface area contributed by atoms with E-state index in [0.29, 0.717) is 30.2 Å². The van der Waals surface area contributed by atoms with Gasteiger partial charge in [0.25, 0.3) is 5.91 Å². The van der Waals surface area contributed by atoms with Crippen molar-refractivity contribution in [1.29, 1.82) is 0 Å². The van der Waals surface area contributed by atoms with E-state index in [-0.39, 0.29) is 5.91 Å². The van der Waals surface area contributed by atoms with E-state index < -0.39 is 18.2 Å². The molecular formula is C17H20N2O4. The predicted molar refractivity (Wildman–Crippen MR) is 83.8 cm³/mol. The van der Waals surface area contributed by atoms with E-state index in [1.165, 1.54) is 0 Å². The van der Waals surface area contributed by atoms with Crippen molar-refractivity contribution >= 4 is 5.91 Å². The van der Waals surface area contributed by atoms with E-state index in [4.69, 9.17) is 4.42 Å². The highest BCUT2D eigenvalue weighted by atomic mass is 16.4. The molecule has 0 bridgehead atoms. The van der Waals surface area contributed by atoms with Gasteiger partial charge in [-0.05, 0) is 18.6 Å². The summed E-state index contributed by atoms with van der Waals surface area (Å²) in [6.07, 6.45) is -1.78. The lowest BCUT2D eigenvalue weighted by Gasteiger charge is -2.12. The summed E-state index contributed by atoms with van der Waals surface area (Å²) in [5.74, 6) is 0.715. The third kappa shape index (κ3) is 3.29. The molecule has 0 saturated carbocycles. The van der Waals surface area contributed by atoms with Gasteiger partial charge in [0.2, 0.25) is 0 Å². The van der Waals surface area contributed by atoms with E-state index in [0.717, 1.165) is 5.56 Å². The third-order valence-electron chi connectivity index (χ3n) is 4.07. The van der Waals surface area contributed by atoms with Gasteiger partial charge < -0.3 is 25.3 Å². The number of nitrogens with one attached hydrogen (secondary N) is 2. The molecule has 122 valence electrons. The maximum absolute atomic E-state index is 12.3. The lowest BCUT2D eigenvalue weighted by Crippen LogP contribution is -2.25. The Morgan fingerprint density at radius 3 is 2.74 bits per heavy atom. The van der Waals surface area contributed by atoms with Gasteiger partial charge in [0.1, 0.15) is 17.6 Å². The zero-order chi connectivity index (χ0) is 16.4. The number of aliphatic hydroxyl groups excluding tert-OH is 2. The Morgan fingerprint density at radius 1 is 1.35 bits per heavy atom. The van der Waals surface area contributed by atoms with Crippen LogP contribution in [-0.4, -0.2) is 34.9 Å². The number of furan rings is 1. The monoisotopic (exact) mass is 316 g/mol. The molecule has 1 aliphatic heterocycles. The molecule has 2 aromatic rings. The zero-order valence-electron chi connectivity index (χ0n) is 12.8. The van der Waals surface area contributed by atoms with E-state index in [1.807, 2.05) is 30.3 Å². The third-order valence-corrected chi connectivity index (χ3v) is 4.07. The quantitative estimate of drug-likeness (QED) is 0.672. The molecule has 0 aliphatic carbocycles. The number of β-amino-alcohol motifs (C(OH)–C–C–N with tert-alkyl or cyclic N) is 1. The topological polar surface area (TPSA) is 94.7 Å². The van der Waals surface area contributed by atoms with Crippen LogP contribution in [-0.2, 0) is 6.54 Å². The fourth-order valence-corrected chi connectivity index (χ4v) is 2.74. The molecule has 1 aromatic heterocycles. The van der Waals surface area contributed by atoms with Crippen LogP contribution in [0.5, 0.6) is 0 Å². The number of carbonyl (C=O) groups is 1. The average molecular weight is 316 g/mol. The molecule has 6 nitrogen and oxygen atoms in total. The van der Waals surface area contributed by atoms with Gasteiger partial charge in [-0.1, -0.05) is 30.3 Å². The molecule has 23 heavy (non-hydrogen) atoms. The zero-order valence-corrected chi connectivity index (χ0v) is 12.8. The Hall–Kier alpha value is -2.15. The van der Waals surface area contributed by atoms with Crippen LogP contribution in [0.25, 0.3) is 0 Å². The first-order valence-corrected chi connectivity index (χ1v) is 7.58. The second kappa shape index (κ2) is 6.54. The van der Waals surface area contributed by atoms with E-state index in [9.17, 15) is 15.0 Å². The van der Waals surface area contributed by atoms with Gasteiger partial charge in [-0.3, -0.25) is 4.79 Å². The Kier molecular flexibility index (Phi) is 4.47. The van der Waals surface area contributed by atoms with Crippen molar-refractivity contribution in [2.45, 2.75) is 31.7 Å². The number of carbonyl (C=O) groups excluding carboxylic acids is 1. The van der Waals surface area contributed by atoms with Crippen molar-refractivity contribution in [2.24, 2.45) is 0 Å². The highest BCUT2D eigenvalue weighted by molar-refractivity contribution is 5.95. The smallest absolute Gasteiger partial charge is 0.255 e. The number of aliphatic hydroxyl groups is 2. The molecule has 2 heterocycles. The number of hydrogen-bond acceptors (Lipinski definition) is 5. The first-order chi connectivity index (χ1) is 11.1. The standard InChI is InChI=1S/C17H20N2O4/c1-10-12(17(22)19-8-11-5-3-2-4-6-11)7-14(23-10)15-16(21)13(20)9-18-15/h2-7,13,15-16,18,20-21H,8-9H2,1H3,(H,19,22)/t13-,15-,16-/m0/s1. The first-order valence-electron chi connectivity index (χ1n) is 7.58. The number of rotatable bonds is 4. The molecule has 1 aromatic carbocycles. The van der Waals surface area contributed by atoms with Crippen LogP contribution in [0, 0.1) is 6.92 Å². The van der Waals surface area contributed by atoms with Crippen LogP contribution in [0.4, 0.5) is 0 Å². The van der Waals surface area contributed by atoms with Crippen LogP contribution < -0.4 is 10.6 Å². The second-order valence-corrected chi connectivity index (χ2v) is 5.73. The summed E-state index contributed by atoms with van der Waals surface area (Å²) in [4.78, 5) is 12.3. The van der Waals surface area contributed by atoms with Crippen molar-refractivity contribution in [1.82, 2.24) is 10.6 Å². The fraction of sp³-hybridized carbons (Fsp3) is 0.353. The summed E-state index contributed by atoms with van der Waals surface area (Å²) in [6.45, 7) is 2.43. The van der Waals surface area contributed by atoms with Gasteiger partial charge >= 0.3 is 0 Å². The minimum Gasteiger partial charge on any atom is -0.464 e. The second-order valence-electron chi connectivity index (χ2n) is 5.73. The van der Waals surface area contributed by atoms with E-state index in [1.54, 1.807) is 13.0 Å². The van der Waals surface area contributed by atoms with Crippen LogP contribution >= 0.6 is 0 Å². The van der Waals surface area contributed by atoms with Gasteiger partial charge in [0, 0.05) is 13.1 Å². The minimum absolute atomic E-state index is 0.227. The molecule has 1 amide bonds. The SMILES string of the molecule is Cc1oc([C@@H]2NC[C@H](O)[C@@H]2O)cc1C(=O)NCc1ccccc1. The van der Waals surface area contributed by atoms with Crippen molar-refractivity contribution in [3.63, 3.8) is 0 Å². The maximum atomic E-state index is 12.3. The summed E-state index contributed by atoms with van der Waals surface area (Å²) < 4.78 is 5.60. The van der Waals surface area contributed by atoms with E-state index in [2.05, 4.69) is 10.6 Å². The Bertz CT molecular complexity index is 683. The highest BCUT2D eigenvalue weighted by Gasteiger charge is 2.36. The summed E-state index contributed by atoms with van der Waals surface area (Å²) in [6, 6.07) is 10.8. The van der Waals surface area contributed by atoms with Crippen LogP contribution in [0.1, 0.15) is 33.5 Å². The van der Waals surface area contributed by atoms with Crippen molar-refractivity contribution in [3.05, 3.63) is 59.0 Å². The van der Waals surface area contributed by atoms with E-state index >= 15 is 0 Å². The maximum Gasteiger partial charge on any atom is 0.255 e. The summed E-state index contributed by atoms with van der Waals surface area (Å²) in [5, 5.41) is 25.4. The summed E-state index contributed by atoms with van der Waals surface area (Å²) >= 11 is 0. The molecule has 6 heteroatoms. The first kappa shape index (κ1) is 15.7. The van der Waals surface area contributed by atoms with Gasteiger partial charge in [-0.25, -0.2) is 0 Å². The van der Waals surface area contributed by atoms with Gasteiger partial charge in [0.15, 0.2) is 0 Å². The van der Waals surface area contributed by atoms with Crippen molar-refractivity contribution in [2.75, 3.05) is 6.54 Å². The Labute approximate surface area is 134 Å². The fourth-order valence-electron chi connectivity index (χ4n) is 2.74. The molecule has 3 rings (SSSR count). The van der Waals surface area contributed by atoms with Crippen molar-refractivity contribution < 1.29 is 19.4 Å².